The van der Waals surface area contributed by atoms with Crippen molar-refractivity contribution in [1.29, 1.82) is 0 Å². The van der Waals surface area contributed by atoms with E-state index in [2.05, 4.69) is 20.9 Å². The second kappa shape index (κ2) is 5.45. The molecule has 0 saturated carbocycles. The van der Waals surface area contributed by atoms with Crippen LogP contribution in [-0.4, -0.2) is 16.1 Å². The minimum atomic E-state index is -0.298. The Kier molecular flexibility index (Phi) is 3.72. The van der Waals surface area contributed by atoms with Gasteiger partial charge >= 0.3 is 0 Å². The highest BCUT2D eigenvalue weighted by Gasteiger charge is 2.11. The Morgan fingerprint density at radius 1 is 1.11 bits per heavy atom. The van der Waals surface area contributed by atoms with Gasteiger partial charge in [0.1, 0.15) is 0 Å². The van der Waals surface area contributed by atoms with E-state index in [1.807, 2.05) is 32.0 Å². The van der Waals surface area contributed by atoms with Crippen molar-refractivity contribution in [3.63, 3.8) is 0 Å². The zero-order valence-electron chi connectivity index (χ0n) is 10.8. The number of benzene rings is 1. The smallest absolute Gasteiger partial charge is 0.276 e. The van der Waals surface area contributed by atoms with Gasteiger partial charge in [0.05, 0.1) is 0 Å². The molecule has 2 rings (SSSR count). The number of carbonyl (C=O) groups is 1. The number of nitrogens with two attached hydrogens (primary N) is 1. The molecule has 1 aromatic carbocycles. The number of aryl methyl sites for hydroxylation is 2. The van der Waals surface area contributed by atoms with Gasteiger partial charge in [0, 0.05) is 5.69 Å². The van der Waals surface area contributed by atoms with E-state index >= 15 is 0 Å². The average molecular weight is 257 g/mol. The van der Waals surface area contributed by atoms with E-state index in [9.17, 15) is 4.79 Å². The molecule has 0 bridgehead atoms. The molecule has 0 fully saturated rings. The molecule has 2 aromatic rings. The second-order valence-corrected chi connectivity index (χ2v) is 4.17. The molecule has 0 aliphatic heterocycles. The van der Waals surface area contributed by atoms with Crippen LogP contribution in [0.4, 0.5) is 11.5 Å². The second-order valence-electron chi connectivity index (χ2n) is 4.17. The Labute approximate surface area is 111 Å². The fourth-order valence-corrected chi connectivity index (χ4v) is 1.72. The summed E-state index contributed by atoms with van der Waals surface area (Å²) >= 11 is 0. The van der Waals surface area contributed by atoms with Crippen LogP contribution in [0.5, 0.6) is 0 Å². The molecule has 6 heteroatoms. The lowest BCUT2D eigenvalue weighted by Crippen LogP contribution is -2.17. The van der Waals surface area contributed by atoms with Crippen molar-refractivity contribution in [1.82, 2.24) is 10.2 Å². The fourth-order valence-electron chi connectivity index (χ4n) is 1.72. The van der Waals surface area contributed by atoms with Crippen molar-refractivity contribution in [2.24, 2.45) is 5.84 Å². The third kappa shape index (κ3) is 2.86. The number of para-hydroxylation sites is 1. The van der Waals surface area contributed by atoms with Gasteiger partial charge in [-0.25, -0.2) is 5.84 Å². The molecular weight excluding hydrogens is 242 g/mol. The summed E-state index contributed by atoms with van der Waals surface area (Å²) in [6, 6.07) is 8.98. The number of hydrogen-bond donors (Lipinski definition) is 3. The Morgan fingerprint density at radius 2 is 1.79 bits per heavy atom. The Hall–Kier alpha value is -2.47. The van der Waals surface area contributed by atoms with Gasteiger partial charge in [-0.15, -0.1) is 10.2 Å². The summed E-state index contributed by atoms with van der Waals surface area (Å²) in [6.45, 7) is 3.88. The van der Waals surface area contributed by atoms with Crippen LogP contribution in [0.15, 0.2) is 30.3 Å². The van der Waals surface area contributed by atoms with Crippen molar-refractivity contribution in [3.8, 4) is 0 Å². The number of anilines is 2. The SMILES string of the molecule is Cc1cccc(C)c1NC(=O)c1ccc(NN)nn1. The maximum atomic E-state index is 12.1. The molecule has 4 N–H and O–H groups in total. The van der Waals surface area contributed by atoms with Gasteiger partial charge in [-0.2, -0.15) is 0 Å². The van der Waals surface area contributed by atoms with E-state index in [1.54, 1.807) is 12.1 Å². The first-order valence-electron chi connectivity index (χ1n) is 5.79. The van der Waals surface area contributed by atoms with Gasteiger partial charge in [-0.1, -0.05) is 18.2 Å². The minimum absolute atomic E-state index is 0.238. The van der Waals surface area contributed by atoms with Gasteiger partial charge in [-0.3, -0.25) is 4.79 Å². The summed E-state index contributed by atoms with van der Waals surface area (Å²) in [7, 11) is 0. The van der Waals surface area contributed by atoms with Crippen LogP contribution in [0.1, 0.15) is 21.6 Å². The van der Waals surface area contributed by atoms with Gasteiger partial charge in [0.15, 0.2) is 11.5 Å². The zero-order valence-corrected chi connectivity index (χ0v) is 10.8. The van der Waals surface area contributed by atoms with Crippen LogP contribution in [0.3, 0.4) is 0 Å². The molecule has 1 aromatic heterocycles. The summed E-state index contributed by atoms with van der Waals surface area (Å²) in [5.41, 5.74) is 5.40. The number of rotatable bonds is 3. The van der Waals surface area contributed by atoms with E-state index in [0.717, 1.165) is 16.8 Å². The van der Waals surface area contributed by atoms with Crippen LogP contribution in [0.2, 0.25) is 0 Å². The van der Waals surface area contributed by atoms with E-state index < -0.39 is 0 Å². The molecule has 0 saturated heterocycles. The van der Waals surface area contributed by atoms with E-state index in [1.165, 1.54) is 0 Å². The van der Waals surface area contributed by atoms with Gasteiger partial charge in [-0.05, 0) is 37.1 Å². The lowest BCUT2D eigenvalue weighted by Gasteiger charge is -2.10. The molecule has 0 unspecified atom stereocenters. The van der Waals surface area contributed by atoms with Crippen molar-refractivity contribution in [2.75, 3.05) is 10.7 Å². The van der Waals surface area contributed by atoms with E-state index in [4.69, 9.17) is 5.84 Å². The minimum Gasteiger partial charge on any atom is -0.320 e. The van der Waals surface area contributed by atoms with Crippen LogP contribution < -0.4 is 16.6 Å². The first-order chi connectivity index (χ1) is 9.11. The average Bonchev–Trinajstić information content (AvgIpc) is 2.43. The highest BCUT2D eigenvalue weighted by molar-refractivity contribution is 6.03. The van der Waals surface area contributed by atoms with Gasteiger partial charge in [0.25, 0.3) is 5.91 Å². The van der Waals surface area contributed by atoms with E-state index in [0.29, 0.717) is 5.82 Å². The number of nitrogen functional groups attached to an aromatic ring is 1. The third-order valence-electron chi connectivity index (χ3n) is 2.76. The molecule has 0 spiro atoms. The molecule has 1 heterocycles. The van der Waals surface area contributed by atoms with Gasteiger partial charge in [0.2, 0.25) is 0 Å². The quantitative estimate of drug-likeness (QED) is 0.574. The monoisotopic (exact) mass is 257 g/mol. The van der Waals surface area contributed by atoms with Crippen molar-refractivity contribution in [2.45, 2.75) is 13.8 Å². The predicted octanol–water partition coefficient (Wildman–Crippen LogP) is 1.63. The van der Waals surface area contributed by atoms with Crippen molar-refractivity contribution < 1.29 is 4.79 Å². The summed E-state index contributed by atoms with van der Waals surface area (Å²) in [5.74, 6) is 5.29. The third-order valence-corrected chi connectivity index (χ3v) is 2.76. The van der Waals surface area contributed by atoms with Crippen LogP contribution in [-0.2, 0) is 0 Å². The number of nitrogens with one attached hydrogen (secondary N) is 2. The molecular formula is C13H15N5O. The Balaban J connectivity index is 2.20. The van der Waals surface area contributed by atoms with Crippen LogP contribution in [0, 0.1) is 13.8 Å². The standard InChI is InChI=1S/C13H15N5O/c1-8-4-3-5-9(2)12(8)15-13(19)10-6-7-11(16-14)18-17-10/h3-7H,14H2,1-2H3,(H,15,19)(H,16,18). The summed E-state index contributed by atoms with van der Waals surface area (Å²) in [6.07, 6.45) is 0. The number of aromatic nitrogens is 2. The fraction of sp³-hybridized carbons (Fsp3) is 0.154. The topological polar surface area (TPSA) is 92.9 Å². The maximum absolute atomic E-state index is 12.1. The number of hydrazine groups is 1. The first-order valence-corrected chi connectivity index (χ1v) is 5.79. The lowest BCUT2D eigenvalue weighted by molar-refractivity contribution is 0.102. The molecule has 19 heavy (non-hydrogen) atoms. The van der Waals surface area contributed by atoms with Crippen molar-refractivity contribution >= 4 is 17.4 Å². The van der Waals surface area contributed by atoms with E-state index in [-0.39, 0.29) is 11.6 Å². The summed E-state index contributed by atoms with van der Waals surface area (Å²) in [5, 5.41) is 10.4. The molecule has 0 aliphatic carbocycles. The molecule has 6 nitrogen and oxygen atoms in total. The molecule has 0 atom stereocenters. The number of hydrogen-bond acceptors (Lipinski definition) is 5. The number of amides is 1. The Morgan fingerprint density at radius 3 is 2.32 bits per heavy atom. The first kappa shape index (κ1) is 13.0. The van der Waals surface area contributed by atoms with Gasteiger partial charge < -0.3 is 10.7 Å². The zero-order chi connectivity index (χ0) is 13.8. The molecule has 0 radical (unpaired) electrons. The molecule has 1 amide bonds. The highest BCUT2D eigenvalue weighted by atomic mass is 16.1. The Bertz CT molecular complexity index is 574. The highest BCUT2D eigenvalue weighted by Crippen LogP contribution is 2.19. The maximum Gasteiger partial charge on any atom is 0.276 e. The largest absolute Gasteiger partial charge is 0.320 e. The number of carbonyl (C=O) groups excluding carboxylic acids is 1. The summed E-state index contributed by atoms with van der Waals surface area (Å²) < 4.78 is 0. The molecule has 0 aliphatic rings. The van der Waals surface area contributed by atoms with Crippen molar-refractivity contribution in [3.05, 3.63) is 47.2 Å². The normalized spacial score (nSPS) is 10.1. The van der Waals surface area contributed by atoms with Crippen LogP contribution >= 0.6 is 0 Å². The summed E-state index contributed by atoms with van der Waals surface area (Å²) in [4.78, 5) is 12.1. The predicted molar refractivity (Wildman–Crippen MR) is 73.7 cm³/mol. The lowest BCUT2D eigenvalue weighted by atomic mass is 10.1. The molecule has 98 valence electrons. The van der Waals surface area contributed by atoms with Crippen LogP contribution in [0.25, 0.3) is 0 Å². The number of nitrogens with zero attached hydrogens (tertiary/aromatic N) is 2.